The van der Waals surface area contributed by atoms with E-state index in [1.54, 1.807) is 29.4 Å². The minimum atomic E-state index is -0.432. The molecule has 1 atom stereocenters. The number of nitriles is 1. The van der Waals surface area contributed by atoms with Crippen LogP contribution in [-0.4, -0.2) is 45.4 Å². The highest BCUT2D eigenvalue weighted by molar-refractivity contribution is 6.07. The molecule has 2 aromatic heterocycles. The van der Waals surface area contributed by atoms with Gasteiger partial charge in [-0.2, -0.15) is 5.26 Å². The van der Waals surface area contributed by atoms with Gasteiger partial charge in [-0.15, -0.1) is 0 Å². The molecule has 3 aromatic rings. The molecule has 1 amide bonds. The predicted molar refractivity (Wildman–Crippen MR) is 111 cm³/mol. The van der Waals surface area contributed by atoms with Crippen LogP contribution in [0.25, 0.3) is 22.2 Å². The average molecular weight is 404 g/mol. The maximum Gasteiger partial charge on any atom is 0.254 e. The lowest BCUT2D eigenvalue weighted by Gasteiger charge is -2.30. The van der Waals surface area contributed by atoms with Gasteiger partial charge in [-0.05, 0) is 44.0 Å². The second-order valence-electron chi connectivity index (χ2n) is 7.26. The lowest BCUT2D eigenvalue weighted by Crippen LogP contribution is -2.39. The lowest BCUT2D eigenvalue weighted by atomic mass is 9.98. The Bertz CT molecular complexity index is 1120. The van der Waals surface area contributed by atoms with Gasteiger partial charge in [-0.25, -0.2) is 19.3 Å². The van der Waals surface area contributed by atoms with E-state index >= 15 is 0 Å². The molecule has 152 valence electrons. The number of carbonyl (C=O) groups excluding carboxylic acids is 1. The molecule has 8 heteroatoms. The van der Waals surface area contributed by atoms with Gasteiger partial charge in [0.05, 0.1) is 28.8 Å². The Hall–Kier alpha value is -3.60. The highest BCUT2D eigenvalue weighted by Crippen LogP contribution is 2.27. The minimum Gasteiger partial charge on any atom is -0.355 e. The highest BCUT2D eigenvalue weighted by atomic mass is 19.1. The Morgan fingerprint density at radius 1 is 1.33 bits per heavy atom. The number of pyridine rings is 1. The number of amides is 1. The summed E-state index contributed by atoms with van der Waals surface area (Å²) in [5.41, 5.74) is 2.07. The number of aromatic nitrogens is 3. The van der Waals surface area contributed by atoms with E-state index in [2.05, 4.69) is 26.3 Å². The van der Waals surface area contributed by atoms with Gasteiger partial charge < -0.3 is 10.2 Å². The van der Waals surface area contributed by atoms with E-state index in [1.807, 2.05) is 6.92 Å². The number of fused-ring (bicyclic) bond motifs is 1. The molecule has 1 saturated heterocycles. The Morgan fingerprint density at radius 3 is 2.87 bits per heavy atom. The third-order valence-electron chi connectivity index (χ3n) is 5.17. The van der Waals surface area contributed by atoms with Crippen LogP contribution in [0.3, 0.4) is 0 Å². The zero-order valence-corrected chi connectivity index (χ0v) is 16.6. The van der Waals surface area contributed by atoms with Crippen molar-refractivity contribution in [2.45, 2.75) is 19.8 Å². The van der Waals surface area contributed by atoms with E-state index in [4.69, 9.17) is 0 Å². The zero-order valence-electron chi connectivity index (χ0n) is 16.6. The Balaban J connectivity index is 1.78. The van der Waals surface area contributed by atoms with Crippen molar-refractivity contribution in [3.63, 3.8) is 0 Å². The fourth-order valence-electron chi connectivity index (χ4n) is 3.67. The van der Waals surface area contributed by atoms with Crippen molar-refractivity contribution in [3.05, 3.63) is 48.0 Å². The molecule has 0 bridgehead atoms. The first-order valence-corrected chi connectivity index (χ1v) is 9.94. The summed E-state index contributed by atoms with van der Waals surface area (Å²) in [5, 5.41) is 12.7. The quantitative estimate of drug-likeness (QED) is 0.713. The summed E-state index contributed by atoms with van der Waals surface area (Å²) in [4.78, 5) is 28.1. The van der Waals surface area contributed by atoms with Crippen LogP contribution in [-0.2, 0) is 0 Å². The van der Waals surface area contributed by atoms with Gasteiger partial charge in [-0.1, -0.05) is 0 Å². The smallest absolute Gasteiger partial charge is 0.254 e. The molecule has 3 heterocycles. The van der Waals surface area contributed by atoms with Crippen LogP contribution in [0.2, 0.25) is 0 Å². The Morgan fingerprint density at radius 2 is 2.13 bits per heavy atom. The van der Waals surface area contributed by atoms with Crippen molar-refractivity contribution in [2.75, 3.05) is 25.0 Å². The van der Waals surface area contributed by atoms with Gasteiger partial charge in [-0.3, -0.25) is 4.79 Å². The lowest BCUT2D eigenvalue weighted by molar-refractivity contribution is 0.0701. The minimum absolute atomic E-state index is 0.181. The van der Waals surface area contributed by atoms with E-state index in [-0.39, 0.29) is 11.8 Å². The van der Waals surface area contributed by atoms with Crippen LogP contribution in [0.4, 0.5) is 10.3 Å². The molecule has 1 aromatic carbocycles. The first-order valence-electron chi connectivity index (χ1n) is 9.94. The second kappa shape index (κ2) is 8.41. The zero-order chi connectivity index (χ0) is 21.1. The second-order valence-corrected chi connectivity index (χ2v) is 7.26. The third kappa shape index (κ3) is 3.92. The van der Waals surface area contributed by atoms with Crippen molar-refractivity contribution < 1.29 is 9.18 Å². The summed E-state index contributed by atoms with van der Waals surface area (Å²) in [6, 6.07) is 8.12. The maximum atomic E-state index is 14.0. The van der Waals surface area contributed by atoms with E-state index in [9.17, 15) is 14.4 Å². The summed E-state index contributed by atoms with van der Waals surface area (Å²) in [7, 11) is 0. The Kier molecular flexibility index (Phi) is 5.53. The standard InChI is InChI=1S/C22H21FN6O/c1-2-25-22-26-11-15(12-27-22)20-9-18(17-8-16(23)5-6-19(17)28-20)21(30)29-7-3-4-14(10-24)13-29/h5-6,8-9,11-12,14H,2-4,7,13H2,1H3,(H,25,26,27). The number of rotatable bonds is 4. The Labute approximate surface area is 173 Å². The van der Waals surface area contributed by atoms with E-state index in [1.165, 1.54) is 12.1 Å². The number of benzene rings is 1. The van der Waals surface area contributed by atoms with Gasteiger partial charge in [0.25, 0.3) is 5.91 Å². The number of anilines is 1. The van der Waals surface area contributed by atoms with E-state index in [0.717, 1.165) is 12.8 Å². The summed E-state index contributed by atoms with van der Waals surface area (Å²) in [6.45, 7) is 3.62. The van der Waals surface area contributed by atoms with E-state index < -0.39 is 5.82 Å². The summed E-state index contributed by atoms with van der Waals surface area (Å²) in [6.07, 6.45) is 4.84. The highest BCUT2D eigenvalue weighted by Gasteiger charge is 2.26. The van der Waals surface area contributed by atoms with Gasteiger partial charge in [0.15, 0.2) is 0 Å². The van der Waals surface area contributed by atoms with Crippen LogP contribution in [0.15, 0.2) is 36.7 Å². The number of hydrogen-bond acceptors (Lipinski definition) is 6. The average Bonchev–Trinajstić information content (AvgIpc) is 2.78. The summed E-state index contributed by atoms with van der Waals surface area (Å²) < 4.78 is 14.0. The number of nitrogens with one attached hydrogen (secondary N) is 1. The fourth-order valence-corrected chi connectivity index (χ4v) is 3.67. The predicted octanol–water partition coefficient (Wildman–Crippen LogP) is 3.64. The van der Waals surface area contributed by atoms with Crippen molar-refractivity contribution in [3.8, 4) is 17.3 Å². The number of halogens is 1. The molecule has 1 N–H and O–H groups in total. The van der Waals surface area contributed by atoms with E-state index in [0.29, 0.717) is 53.3 Å². The number of hydrogen-bond donors (Lipinski definition) is 1. The van der Waals surface area contributed by atoms with Crippen molar-refractivity contribution >= 4 is 22.8 Å². The first-order chi connectivity index (χ1) is 14.6. The van der Waals surface area contributed by atoms with Crippen molar-refractivity contribution in [2.24, 2.45) is 5.92 Å². The molecule has 0 aliphatic carbocycles. The first kappa shape index (κ1) is 19.7. The molecule has 1 aliphatic rings. The number of carbonyl (C=O) groups is 1. The number of piperidine rings is 1. The van der Waals surface area contributed by atoms with Crippen LogP contribution in [0.1, 0.15) is 30.1 Å². The fraction of sp³-hybridized carbons (Fsp3) is 0.318. The summed E-state index contributed by atoms with van der Waals surface area (Å²) >= 11 is 0. The van der Waals surface area contributed by atoms with Crippen LogP contribution < -0.4 is 5.32 Å². The molecule has 0 spiro atoms. The van der Waals surface area contributed by atoms with Crippen LogP contribution in [0, 0.1) is 23.1 Å². The van der Waals surface area contributed by atoms with Gasteiger partial charge >= 0.3 is 0 Å². The van der Waals surface area contributed by atoms with Crippen LogP contribution in [0.5, 0.6) is 0 Å². The topological polar surface area (TPSA) is 94.8 Å². The molecule has 7 nitrogen and oxygen atoms in total. The van der Waals surface area contributed by atoms with Crippen molar-refractivity contribution in [1.29, 1.82) is 5.26 Å². The summed E-state index contributed by atoms with van der Waals surface area (Å²) in [5.74, 6) is -0.326. The van der Waals surface area contributed by atoms with Gasteiger partial charge in [0, 0.05) is 43.0 Å². The van der Waals surface area contributed by atoms with Gasteiger partial charge in [0.2, 0.25) is 5.95 Å². The van der Waals surface area contributed by atoms with Crippen LogP contribution >= 0.6 is 0 Å². The molecule has 4 rings (SSSR count). The third-order valence-corrected chi connectivity index (χ3v) is 5.17. The SMILES string of the molecule is CCNc1ncc(-c2cc(C(=O)N3CCCC(C#N)C3)c3cc(F)ccc3n2)cn1. The molecular weight excluding hydrogens is 383 g/mol. The monoisotopic (exact) mass is 404 g/mol. The largest absolute Gasteiger partial charge is 0.355 e. The molecular formula is C22H21FN6O. The van der Waals surface area contributed by atoms with Crippen molar-refractivity contribution in [1.82, 2.24) is 19.9 Å². The van der Waals surface area contributed by atoms with Gasteiger partial charge in [0.1, 0.15) is 5.82 Å². The normalized spacial score (nSPS) is 16.3. The molecule has 1 unspecified atom stereocenters. The molecule has 0 radical (unpaired) electrons. The number of nitrogens with zero attached hydrogens (tertiary/aromatic N) is 5. The molecule has 1 aliphatic heterocycles. The number of likely N-dealkylation sites (tertiary alicyclic amines) is 1. The molecule has 1 fully saturated rings. The maximum absolute atomic E-state index is 14.0. The molecule has 30 heavy (non-hydrogen) atoms. The molecule has 0 saturated carbocycles.